The number of phenolic OH excluding ortho intramolecular Hbond substituents is 1. The molecule has 0 heterocycles. The van der Waals surface area contributed by atoms with Crippen LogP contribution in [0.25, 0.3) is 0 Å². The van der Waals surface area contributed by atoms with E-state index in [1.54, 1.807) is 24.3 Å². The smallest absolute Gasteiger partial charge is 0.115 e. The summed E-state index contributed by atoms with van der Waals surface area (Å²) in [6.07, 6.45) is 0. The van der Waals surface area contributed by atoms with E-state index in [0.717, 1.165) is 8.58 Å². The predicted molar refractivity (Wildman–Crippen MR) is 88.6 cm³/mol. The first-order valence-electron chi connectivity index (χ1n) is 6.46. The van der Waals surface area contributed by atoms with Crippen molar-refractivity contribution in [3.63, 3.8) is 0 Å². The predicted octanol–water partition coefficient (Wildman–Crippen LogP) is 3.71. The van der Waals surface area contributed by atoms with Gasteiger partial charge in [-0.1, -0.05) is 87.4 Å². The van der Waals surface area contributed by atoms with Crippen molar-refractivity contribution in [1.29, 1.82) is 0 Å². The van der Waals surface area contributed by atoms with Crippen molar-refractivity contribution in [1.82, 2.24) is 0 Å². The molecule has 0 bridgehead atoms. The van der Waals surface area contributed by atoms with Crippen LogP contribution in [0, 0.1) is 0 Å². The highest BCUT2D eigenvalue weighted by molar-refractivity contribution is 7.55. The Morgan fingerprint density at radius 1 is 0.500 bits per heavy atom. The molecular weight excluding hydrogens is 263 g/mol. The van der Waals surface area contributed by atoms with Gasteiger partial charge < -0.3 is 5.11 Å². The summed E-state index contributed by atoms with van der Waals surface area (Å²) in [4.78, 5) is 0. The molecule has 0 saturated carbocycles. The second-order valence-corrected chi connectivity index (χ2v) is 5.60. The summed E-state index contributed by atoms with van der Waals surface area (Å²) in [7, 11) is 0.777. The molecule has 3 aromatic rings. The zero-order valence-corrected chi connectivity index (χ0v) is 12.1. The molecule has 2 heteroatoms. The van der Waals surface area contributed by atoms with E-state index < -0.39 is 0 Å². The maximum atomic E-state index is 8.63. The van der Waals surface area contributed by atoms with E-state index in [1.165, 1.54) is 10.6 Å². The largest absolute Gasteiger partial charge is 0.508 e. The fourth-order valence-corrected chi connectivity index (χ4v) is 2.69. The van der Waals surface area contributed by atoms with Crippen molar-refractivity contribution in [2.45, 2.75) is 0 Å². The van der Waals surface area contributed by atoms with E-state index in [9.17, 15) is 0 Å². The second-order valence-electron chi connectivity index (χ2n) is 4.19. The summed E-state index contributed by atoms with van der Waals surface area (Å²) in [5, 5.41) is 11.4. The van der Waals surface area contributed by atoms with Gasteiger partial charge in [0, 0.05) is 0 Å². The van der Waals surface area contributed by atoms with E-state index in [1.807, 2.05) is 6.07 Å². The molecule has 0 saturated heterocycles. The number of phenols is 1. The molecule has 3 rings (SSSR count). The zero-order chi connectivity index (χ0) is 14.0. The Labute approximate surface area is 121 Å². The third-order valence-corrected chi connectivity index (χ3v) is 3.84. The lowest BCUT2D eigenvalue weighted by Gasteiger charge is -2.00. The number of benzene rings is 3. The molecule has 0 fully saturated rings. The van der Waals surface area contributed by atoms with Crippen molar-refractivity contribution in [2.24, 2.45) is 0 Å². The number of aromatic hydroxyl groups is 1. The van der Waals surface area contributed by atoms with Gasteiger partial charge in [-0.05, 0) is 22.7 Å². The molecule has 0 atom stereocenters. The van der Waals surface area contributed by atoms with Crippen LogP contribution in [-0.4, -0.2) is 5.11 Å². The molecule has 0 amide bonds. The van der Waals surface area contributed by atoms with Crippen molar-refractivity contribution >= 4 is 19.2 Å². The highest BCUT2D eigenvalue weighted by Crippen LogP contribution is 2.08. The standard InChI is InChI=1S/C12H11P.C6H6O/c1-3-7-11(8-4-1)13-12-9-5-2-6-10-12;7-6-4-2-1-3-5-6/h1-10,13H;1-5,7H. The second kappa shape index (κ2) is 8.14. The molecule has 1 nitrogen and oxygen atoms in total. The Bertz CT molecular complexity index is 557. The monoisotopic (exact) mass is 280 g/mol. The third-order valence-electron chi connectivity index (χ3n) is 2.59. The molecule has 0 radical (unpaired) electrons. The number of hydrogen-bond donors (Lipinski definition) is 1. The SMILES string of the molecule is Oc1ccccc1.c1ccc(Pc2ccccc2)cc1. The van der Waals surface area contributed by atoms with Gasteiger partial charge in [-0.2, -0.15) is 0 Å². The minimum Gasteiger partial charge on any atom is -0.508 e. The highest BCUT2D eigenvalue weighted by atomic mass is 31.1. The number of para-hydroxylation sites is 1. The normalized spacial score (nSPS) is 9.40. The molecule has 0 unspecified atom stereocenters. The van der Waals surface area contributed by atoms with Crippen molar-refractivity contribution in [2.75, 3.05) is 0 Å². The first-order chi connectivity index (χ1) is 9.84. The molecule has 3 aromatic carbocycles. The van der Waals surface area contributed by atoms with Crippen LogP contribution in [-0.2, 0) is 0 Å². The molecule has 0 aliphatic carbocycles. The van der Waals surface area contributed by atoms with Gasteiger partial charge in [0.25, 0.3) is 0 Å². The summed E-state index contributed by atoms with van der Waals surface area (Å²) in [6, 6.07) is 29.9. The molecule has 20 heavy (non-hydrogen) atoms. The van der Waals surface area contributed by atoms with Crippen LogP contribution in [0.4, 0.5) is 0 Å². The Hall–Kier alpha value is -2.11. The Kier molecular flexibility index (Phi) is 5.82. The van der Waals surface area contributed by atoms with Gasteiger partial charge in [0.05, 0.1) is 0 Å². The quantitative estimate of drug-likeness (QED) is 0.710. The summed E-state index contributed by atoms with van der Waals surface area (Å²) in [5.74, 6) is 0.322. The first kappa shape index (κ1) is 14.3. The molecule has 0 aliphatic heterocycles. The van der Waals surface area contributed by atoms with Gasteiger partial charge in [0.2, 0.25) is 0 Å². The maximum absolute atomic E-state index is 8.63. The fourth-order valence-electron chi connectivity index (χ4n) is 1.64. The lowest BCUT2D eigenvalue weighted by atomic mass is 10.3. The maximum Gasteiger partial charge on any atom is 0.115 e. The van der Waals surface area contributed by atoms with Crippen LogP contribution in [0.2, 0.25) is 0 Å². The molecule has 0 aromatic heterocycles. The molecule has 0 spiro atoms. The first-order valence-corrected chi connectivity index (χ1v) is 7.46. The average Bonchev–Trinajstić information content (AvgIpc) is 2.51. The van der Waals surface area contributed by atoms with Gasteiger partial charge in [0.15, 0.2) is 0 Å². The van der Waals surface area contributed by atoms with Gasteiger partial charge in [-0.15, -0.1) is 0 Å². The van der Waals surface area contributed by atoms with Gasteiger partial charge in [-0.3, -0.25) is 0 Å². The molecule has 100 valence electrons. The Morgan fingerprint density at radius 2 is 0.850 bits per heavy atom. The summed E-state index contributed by atoms with van der Waals surface area (Å²) >= 11 is 0. The van der Waals surface area contributed by atoms with Crippen LogP contribution >= 0.6 is 8.58 Å². The van der Waals surface area contributed by atoms with E-state index in [4.69, 9.17) is 5.11 Å². The Morgan fingerprint density at radius 3 is 1.15 bits per heavy atom. The lowest BCUT2D eigenvalue weighted by Crippen LogP contribution is -2.01. The zero-order valence-electron chi connectivity index (χ0n) is 11.1. The third kappa shape index (κ3) is 5.26. The molecule has 1 N–H and O–H groups in total. The highest BCUT2D eigenvalue weighted by Gasteiger charge is 1.92. The van der Waals surface area contributed by atoms with E-state index in [0.29, 0.717) is 5.75 Å². The summed E-state index contributed by atoms with van der Waals surface area (Å²) in [5.41, 5.74) is 0. The van der Waals surface area contributed by atoms with Gasteiger partial charge >= 0.3 is 0 Å². The van der Waals surface area contributed by atoms with E-state index in [-0.39, 0.29) is 0 Å². The van der Waals surface area contributed by atoms with E-state index >= 15 is 0 Å². The van der Waals surface area contributed by atoms with Crippen LogP contribution in [0.5, 0.6) is 5.75 Å². The summed E-state index contributed by atoms with van der Waals surface area (Å²) in [6.45, 7) is 0. The average molecular weight is 280 g/mol. The number of rotatable bonds is 2. The van der Waals surface area contributed by atoms with Crippen LogP contribution < -0.4 is 10.6 Å². The van der Waals surface area contributed by atoms with Gasteiger partial charge in [0.1, 0.15) is 5.75 Å². The van der Waals surface area contributed by atoms with E-state index in [2.05, 4.69) is 60.7 Å². The Balaban J connectivity index is 0.000000178. The van der Waals surface area contributed by atoms with Crippen molar-refractivity contribution < 1.29 is 5.11 Å². The van der Waals surface area contributed by atoms with Crippen molar-refractivity contribution in [3.05, 3.63) is 91.0 Å². The van der Waals surface area contributed by atoms with Crippen LogP contribution in [0.15, 0.2) is 91.0 Å². The molecular formula is C18H17OP. The fraction of sp³-hybridized carbons (Fsp3) is 0. The van der Waals surface area contributed by atoms with Crippen LogP contribution in [0.1, 0.15) is 0 Å². The topological polar surface area (TPSA) is 20.2 Å². The van der Waals surface area contributed by atoms with Gasteiger partial charge in [-0.25, -0.2) is 0 Å². The summed E-state index contributed by atoms with van der Waals surface area (Å²) < 4.78 is 0. The van der Waals surface area contributed by atoms with Crippen molar-refractivity contribution in [3.8, 4) is 5.75 Å². The van der Waals surface area contributed by atoms with Crippen LogP contribution in [0.3, 0.4) is 0 Å². The number of hydrogen-bond acceptors (Lipinski definition) is 1. The molecule has 0 aliphatic rings. The minimum atomic E-state index is 0.322. The minimum absolute atomic E-state index is 0.322. The lowest BCUT2D eigenvalue weighted by molar-refractivity contribution is 0.475.